The minimum absolute atomic E-state index is 0.0899. The van der Waals surface area contributed by atoms with E-state index >= 15 is 0 Å². The summed E-state index contributed by atoms with van der Waals surface area (Å²) in [5.41, 5.74) is 8.85. The summed E-state index contributed by atoms with van der Waals surface area (Å²) in [5, 5.41) is 54.2. The highest BCUT2D eigenvalue weighted by atomic mass is 19.2. The van der Waals surface area contributed by atoms with Crippen LogP contribution in [0, 0.1) is 79.3 Å². The van der Waals surface area contributed by atoms with E-state index in [1.165, 1.54) is 51.3 Å². The second-order valence-electron chi connectivity index (χ2n) is 20.5. The van der Waals surface area contributed by atoms with E-state index in [1.807, 2.05) is 21.5 Å². The summed E-state index contributed by atoms with van der Waals surface area (Å²) in [6, 6.07) is 21.0. The molecule has 0 bridgehead atoms. The van der Waals surface area contributed by atoms with Crippen LogP contribution in [0.15, 0.2) is 147 Å². The van der Waals surface area contributed by atoms with Gasteiger partial charge in [-0.2, -0.15) is 26.3 Å². The Labute approximate surface area is 571 Å². The fourth-order valence-corrected chi connectivity index (χ4v) is 8.93. The number of rotatable bonds is 11. The summed E-state index contributed by atoms with van der Waals surface area (Å²) in [7, 11) is 5.17. The van der Waals surface area contributed by atoms with E-state index < -0.39 is 86.0 Å². The van der Waals surface area contributed by atoms with Crippen LogP contribution in [0.4, 0.5) is 43.4 Å². The lowest BCUT2D eigenvalue weighted by Crippen LogP contribution is -2.27. The number of benzene rings is 3. The number of aliphatic carboxylic acids is 1. The lowest BCUT2D eigenvalue weighted by atomic mass is 9.89. The van der Waals surface area contributed by atoms with Crippen molar-refractivity contribution in [2.75, 3.05) is 34.2 Å². The van der Waals surface area contributed by atoms with E-state index in [0.717, 1.165) is 65.9 Å². The number of nitro benzene ring substituents is 2. The molecule has 9 heterocycles. The van der Waals surface area contributed by atoms with Crippen molar-refractivity contribution in [2.45, 2.75) is 45.2 Å². The molecule has 0 saturated heterocycles. The van der Waals surface area contributed by atoms with Gasteiger partial charge in [0.2, 0.25) is 5.75 Å². The Balaban J connectivity index is 0.000000214. The number of nitrogen functional groups attached to an aromatic ring is 1. The summed E-state index contributed by atoms with van der Waals surface area (Å²) < 4.78 is 100. The molecule has 31 nitrogen and oxygen atoms in total. The summed E-state index contributed by atoms with van der Waals surface area (Å²) >= 11 is 0. The van der Waals surface area contributed by atoms with Gasteiger partial charge < -0.3 is 39.7 Å². The fourth-order valence-electron chi connectivity index (χ4n) is 8.93. The standard InChI is InChI=1S/C15H13F3N2O.C11H10N2O4.C8H10N2O2.C8H6N2O2.C7H7NO2.C6H4F3N.C6H5N3O5.C4H4O2/c16-12-5-9(6-13(17)15(12)18)7-14(21)10-2-4-20-11(8-10)1-3-19-20;1-16-10(14)7-3-4-13-9(5-7)8(6-12-13)11(15)17-2;2*11-8(12)6-2-4-10-7(5-6)1-3-9-10;1-10-7(9)6-2-4-8-5-3-6;7-4-1-3(10)2-5(8)6(4)9;7-14-6-2-1-4(8(10)11)3-5(6)9(12)13;1-3-4(5)6-2/h1,3,5-6,10H,2,4,7-8H2;3-6H,1-2H3;1,3,6H,2,4-5H2,(H,11,12);1-5H,(H,11,12);2-5H,1H3;1-2H,10H2;1-3H,7H2;1H,2H3. The molecule has 2 aliphatic heterocycles. The van der Waals surface area contributed by atoms with Crippen LogP contribution < -0.4 is 16.5 Å². The summed E-state index contributed by atoms with van der Waals surface area (Å²) in [6.45, 7) is 1.39. The smallest absolute Gasteiger partial charge is 0.383 e. The maximum Gasteiger partial charge on any atom is 0.383 e. The van der Waals surface area contributed by atoms with Crippen molar-refractivity contribution >= 4 is 69.7 Å². The molecule has 0 saturated carbocycles. The van der Waals surface area contributed by atoms with Gasteiger partial charge in [-0.15, -0.1) is 6.42 Å². The van der Waals surface area contributed by atoms with E-state index in [0.29, 0.717) is 54.4 Å². The topological polar surface area (TPSA) is 428 Å². The quantitative estimate of drug-likeness (QED) is 0.0109. The zero-order valence-corrected chi connectivity index (χ0v) is 53.8. The number of Topliss-reactive ketones (excluding diaryl/α,β-unsaturated/α-hetero) is 1. The molecular weight excluding hydrogens is 1360 g/mol. The molecule has 2 aliphatic rings. The first kappa shape index (κ1) is 79.3. The number of terminal acetylenes is 1. The average Bonchev–Trinajstić information content (AvgIpc) is 1.65. The number of nitrogens with zero attached hydrogens (tertiary/aromatic N) is 11. The number of carbonyl (C=O) groups excluding carboxylic acids is 5. The predicted octanol–water partition coefficient (Wildman–Crippen LogP) is 8.25. The zero-order chi connectivity index (χ0) is 75.3. The number of hydrogen-bond donors (Lipinski definition) is 4. The maximum atomic E-state index is 13.2. The van der Waals surface area contributed by atoms with Gasteiger partial charge in [0.25, 0.3) is 5.69 Å². The molecule has 0 fully saturated rings. The molecule has 2 atom stereocenters. The lowest BCUT2D eigenvalue weighted by molar-refractivity contribution is -0.394. The highest BCUT2D eigenvalue weighted by Gasteiger charge is 2.27. The van der Waals surface area contributed by atoms with Crippen molar-refractivity contribution in [2.24, 2.45) is 17.7 Å². The zero-order valence-electron chi connectivity index (χ0n) is 53.8. The third-order valence-electron chi connectivity index (χ3n) is 14.0. The Kier molecular flexibility index (Phi) is 29.9. The maximum absolute atomic E-state index is 13.2. The molecule has 37 heteroatoms. The number of halogens is 6. The number of nitrogens with two attached hydrogens (primary N) is 2. The predicted molar refractivity (Wildman–Crippen MR) is 342 cm³/mol. The van der Waals surface area contributed by atoms with E-state index in [1.54, 1.807) is 84.1 Å². The number of aromatic carboxylic acids is 1. The molecule has 0 radical (unpaired) electrons. The molecule has 102 heavy (non-hydrogen) atoms. The van der Waals surface area contributed by atoms with Crippen LogP contribution in [0.25, 0.3) is 11.0 Å². The van der Waals surface area contributed by atoms with E-state index in [2.05, 4.69) is 55.6 Å². The van der Waals surface area contributed by atoms with E-state index in [4.69, 9.17) is 21.8 Å². The van der Waals surface area contributed by atoms with E-state index in [9.17, 15) is 80.1 Å². The number of hydrogen-bond acceptors (Lipinski definition) is 23. The van der Waals surface area contributed by atoms with Gasteiger partial charge in [0.1, 0.15) is 11.3 Å². The normalized spacial score (nSPS) is 12.6. The Bertz CT molecular complexity index is 4630. The van der Waals surface area contributed by atoms with Gasteiger partial charge in [-0.25, -0.2) is 59.3 Å². The first-order chi connectivity index (χ1) is 48.6. The molecular formula is C65H59F6N13O18. The molecule has 0 amide bonds. The van der Waals surface area contributed by atoms with Crippen LogP contribution in [0.3, 0.4) is 0 Å². The van der Waals surface area contributed by atoms with Crippen LogP contribution in [-0.4, -0.2) is 134 Å². The molecule has 3 aromatic carbocycles. The highest BCUT2D eigenvalue weighted by Crippen LogP contribution is 2.30. The third kappa shape index (κ3) is 22.9. The number of non-ortho nitro benzene ring substituents is 1. The number of pyridine rings is 3. The summed E-state index contributed by atoms with van der Waals surface area (Å²) in [6.07, 6.45) is 19.7. The van der Waals surface area contributed by atoms with Gasteiger partial charge in [0, 0.05) is 116 Å². The molecule has 7 aromatic heterocycles. The third-order valence-corrected chi connectivity index (χ3v) is 14.0. The number of aromatic nitrogens is 9. The van der Waals surface area contributed by atoms with Crippen LogP contribution in [0.5, 0.6) is 5.75 Å². The minimum Gasteiger partial charge on any atom is -0.481 e. The molecule has 0 aliphatic carbocycles. The van der Waals surface area contributed by atoms with Crippen molar-refractivity contribution in [3.8, 4) is 18.1 Å². The van der Waals surface area contributed by atoms with Gasteiger partial charge in [-0.1, -0.05) is 0 Å². The van der Waals surface area contributed by atoms with Gasteiger partial charge in [-0.3, -0.25) is 44.2 Å². The number of methoxy groups -OCH3 is 4. The Hall–Kier alpha value is -13.4. The first-order valence-electron chi connectivity index (χ1n) is 29.0. The van der Waals surface area contributed by atoms with Crippen molar-refractivity contribution < 1.29 is 104 Å². The molecule has 0 spiro atoms. The van der Waals surface area contributed by atoms with Crippen molar-refractivity contribution in [3.63, 3.8) is 0 Å². The summed E-state index contributed by atoms with van der Waals surface area (Å²) in [4.78, 5) is 104. The molecule has 2 unspecified atom stereocenters. The van der Waals surface area contributed by atoms with Gasteiger partial charge in [-0.05, 0) is 97.6 Å². The Morgan fingerprint density at radius 2 is 1.14 bits per heavy atom. The average molecular weight is 1420 g/mol. The minimum atomic E-state index is -1.51. The summed E-state index contributed by atoms with van der Waals surface area (Å²) in [5.74, 6) is -5.82. The fraction of sp³-hybridized carbons (Fsp3) is 0.200. The van der Waals surface area contributed by atoms with Crippen LogP contribution in [0.1, 0.15) is 71.2 Å². The number of esters is 4. The second kappa shape index (κ2) is 38.5. The van der Waals surface area contributed by atoms with Crippen molar-refractivity contribution in [1.29, 1.82) is 0 Å². The Morgan fingerprint density at radius 3 is 1.65 bits per heavy atom. The molecule has 10 aromatic rings. The highest BCUT2D eigenvalue weighted by molar-refractivity contribution is 5.99. The number of aryl methyl sites for hydroxylation is 2. The number of carboxylic acids is 2. The number of carbonyl (C=O) groups is 7. The monoisotopic (exact) mass is 1420 g/mol. The number of anilines is 1. The number of fused-ring (bicyclic) bond motifs is 4. The lowest BCUT2D eigenvalue weighted by Gasteiger charge is -2.22. The van der Waals surface area contributed by atoms with E-state index in [-0.39, 0.29) is 52.6 Å². The second-order valence-corrected chi connectivity index (χ2v) is 20.5. The largest absolute Gasteiger partial charge is 0.481 e. The van der Waals surface area contributed by atoms with Crippen molar-refractivity contribution in [3.05, 3.63) is 241 Å². The Morgan fingerprint density at radius 1 is 0.608 bits per heavy atom. The van der Waals surface area contributed by atoms with Crippen LogP contribution in [0.2, 0.25) is 0 Å². The van der Waals surface area contributed by atoms with Crippen LogP contribution >= 0.6 is 0 Å². The number of ether oxygens (including phenoxy) is 4. The number of nitro groups is 2. The van der Waals surface area contributed by atoms with Gasteiger partial charge in [0.05, 0.1) is 84.2 Å². The first-order valence-corrected chi connectivity index (χ1v) is 29.0. The number of carboxylic acid groups (broad SMARTS) is 2. The molecule has 534 valence electrons. The van der Waals surface area contributed by atoms with Gasteiger partial charge in [0.15, 0.2) is 34.9 Å². The molecule has 6 N–H and O–H groups in total. The molecule has 12 rings (SSSR count). The van der Waals surface area contributed by atoms with Crippen molar-refractivity contribution in [1.82, 2.24) is 43.8 Å². The van der Waals surface area contributed by atoms with Crippen LogP contribution in [-0.2, 0) is 65.7 Å². The number of ketones is 1. The van der Waals surface area contributed by atoms with Gasteiger partial charge >= 0.3 is 41.5 Å². The SMILES string of the molecule is C#CC(=O)OC.COC(=O)c1ccn2ncc(C(=O)OC)c2c1.COC(=O)c1ccncc1.NOc1ccc([N+](=O)[O-])cc1[N+](=O)[O-].Nc1cc(F)c(F)c(F)c1.O=C(Cc1cc(F)c(F)c(F)c1)C1CCn2nccc2C1.O=C(O)C1CCn2nccc2C1.O=C(O)c1ccn2nccc2c1.